The molecule has 4 rings (SSSR count). The van der Waals surface area contributed by atoms with E-state index in [0.29, 0.717) is 0 Å². The Labute approximate surface area is 128 Å². The number of aromatic nitrogens is 2. The molecule has 0 N–H and O–H groups in total. The molecule has 0 saturated heterocycles. The molecule has 1 aromatic carbocycles. The summed E-state index contributed by atoms with van der Waals surface area (Å²) in [7, 11) is 0. The minimum atomic E-state index is 1.02. The fourth-order valence-corrected chi connectivity index (χ4v) is 3.77. The van der Waals surface area contributed by atoms with Gasteiger partial charge in [0.25, 0.3) is 0 Å². The van der Waals surface area contributed by atoms with Gasteiger partial charge in [0.2, 0.25) is 0 Å². The van der Waals surface area contributed by atoms with E-state index in [1.807, 2.05) is 28.3 Å². The summed E-state index contributed by atoms with van der Waals surface area (Å²) >= 11 is 1.90. The third kappa shape index (κ3) is 2.64. The Bertz CT molecular complexity index is 713. The standard InChI is InChI=1S/C17H17N3S/c1-8-18-20(9-1)16-4-2-14(3-5-16)12-19-10-6-17-15(13-19)7-11-21-17/h1-5,7-9,11H,6,10,12-13H2. The maximum atomic E-state index is 4.26. The summed E-state index contributed by atoms with van der Waals surface area (Å²) < 4.78 is 1.89. The van der Waals surface area contributed by atoms with Crippen LogP contribution in [0.25, 0.3) is 5.69 Å². The predicted molar refractivity (Wildman–Crippen MR) is 85.7 cm³/mol. The van der Waals surface area contributed by atoms with Crippen LogP contribution in [0.15, 0.2) is 54.2 Å². The summed E-state index contributed by atoms with van der Waals surface area (Å²) in [5.41, 5.74) is 3.99. The van der Waals surface area contributed by atoms with Crippen molar-refractivity contribution in [3.8, 4) is 5.69 Å². The van der Waals surface area contributed by atoms with Crippen molar-refractivity contribution in [1.82, 2.24) is 14.7 Å². The van der Waals surface area contributed by atoms with Crippen LogP contribution in [-0.2, 0) is 19.5 Å². The number of rotatable bonds is 3. The van der Waals surface area contributed by atoms with E-state index in [-0.39, 0.29) is 0 Å². The topological polar surface area (TPSA) is 21.1 Å². The van der Waals surface area contributed by atoms with E-state index in [1.165, 1.54) is 17.5 Å². The van der Waals surface area contributed by atoms with Crippen LogP contribution in [0.3, 0.4) is 0 Å². The molecule has 2 aromatic heterocycles. The van der Waals surface area contributed by atoms with Crippen molar-refractivity contribution >= 4 is 11.3 Å². The van der Waals surface area contributed by atoms with E-state index in [2.05, 4.69) is 45.7 Å². The zero-order chi connectivity index (χ0) is 14.1. The van der Waals surface area contributed by atoms with Gasteiger partial charge in [-0.05, 0) is 47.2 Å². The van der Waals surface area contributed by atoms with E-state index in [1.54, 1.807) is 11.1 Å². The summed E-state index contributed by atoms with van der Waals surface area (Å²) in [6.45, 7) is 3.27. The number of thiophene rings is 1. The average Bonchev–Trinajstić information content (AvgIpc) is 3.19. The molecular weight excluding hydrogens is 278 g/mol. The second-order valence-corrected chi connectivity index (χ2v) is 6.45. The van der Waals surface area contributed by atoms with Gasteiger partial charge in [0, 0.05) is 36.9 Å². The monoisotopic (exact) mass is 295 g/mol. The zero-order valence-corrected chi connectivity index (χ0v) is 12.6. The van der Waals surface area contributed by atoms with Crippen molar-refractivity contribution in [3.05, 3.63) is 70.2 Å². The largest absolute Gasteiger partial charge is 0.294 e. The normalized spacial score (nSPS) is 15.0. The summed E-state index contributed by atoms with van der Waals surface area (Å²) in [6, 6.07) is 12.9. The van der Waals surface area contributed by atoms with Crippen LogP contribution in [0.5, 0.6) is 0 Å². The van der Waals surface area contributed by atoms with Crippen molar-refractivity contribution < 1.29 is 0 Å². The molecule has 0 atom stereocenters. The fraction of sp³-hybridized carbons (Fsp3) is 0.235. The zero-order valence-electron chi connectivity index (χ0n) is 11.8. The highest BCUT2D eigenvalue weighted by atomic mass is 32.1. The molecule has 0 spiro atoms. The van der Waals surface area contributed by atoms with Crippen LogP contribution >= 0.6 is 11.3 Å². The van der Waals surface area contributed by atoms with Crippen LogP contribution in [0.1, 0.15) is 16.0 Å². The van der Waals surface area contributed by atoms with Crippen molar-refractivity contribution in [2.45, 2.75) is 19.5 Å². The van der Waals surface area contributed by atoms with Crippen LogP contribution in [0.4, 0.5) is 0 Å². The van der Waals surface area contributed by atoms with Gasteiger partial charge >= 0.3 is 0 Å². The lowest BCUT2D eigenvalue weighted by atomic mass is 10.1. The predicted octanol–water partition coefficient (Wildman–Crippen LogP) is 3.49. The Hall–Kier alpha value is -1.91. The maximum absolute atomic E-state index is 4.26. The number of hydrogen-bond donors (Lipinski definition) is 0. The first-order chi connectivity index (χ1) is 10.4. The first-order valence-corrected chi connectivity index (χ1v) is 8.13. The summed E-state index contributed by atoms with van der Waals surface area (Å²) in [6.07, 6.45) is 4.97. The number of nitrogens with zero attached hydrogens (tertiary/aromatic N) is 3. The summed E-state index contributed by atoms with van der Waals surface area (Å²) in [5.74, 6) is 0. The van der Waals surface area contributed by atoms with E-state index < -0.39 is 0 Å². The molecule has 1 aliphatic rings. The maximum Gasteiger partial charge on any atom is 0.0645 e. The van der Waals surface area contributed by atoms with Crippen LogP contribution in [-0.4, -0.2) is 21.2 Å². The second kappa shape index (κ2) is 5.47. The Kier molecular flexibility index (Phi) is 3.33. The van der Waals surface area contributed by atoms with Gasteiger partial charge in [0.1, 0.15) is 0 Å². The van der Waals surface area contributed by atoms with E-state index >= 15 is 0 Å². The second-order valence-electron chi connectivity index (χ2n) is 5.45. The van der Waals surface area contributed by atoms with Crippen molar-refractivity contribution in [2.24, 2.45) is 0 Å². The molecule has 0 fully saturated rings. The Morgan fingerprint density at radius 3 is 2.86 bits per heavy atom. The molecule has 1 aliphatic heterocycles. The van der Waals surface area contributed by atoms with E-state index in [4.69, 9.17) is 0 Å². The Balaban J connectivity index is 1.46. The van der Waals surface area contributed by atoms with Crippen molar-refractivity contribution in [1.29, 1.82) is 0 Å². The highest BCUT2D eigenvalue weighted by molar-refractivity contribution is 7.10. The summed E-state index contributed by atoms with van der Waals surface area (Å²) in [5, 5.41) is 6.47. The SMILES string of the molecule is c1cnn(-c2ccc(CN3CCc4sccc4C3)cc2)c1. The minimum Gasteiger partial charge on any atom is -0.294 e. The molecule has 3 aromatic rings. The molecule has 0 radical (unpaired) electrons. The van der Waals surface area contributed by atoms with Gasteiger partial charge in [0.05, 0.1) is 5.69 Å². The molecular formula is C17H17N3S. The summed E-state index contributed by atoms with van der Waals surface area (Å²) in [4.78, 5) is 4.10. The van der Waals surface area contributed by atoms with Gasteiger partial charge in [-0.2, -0.15) is 5.10 Å². The van der Waals surface area contributed by atoms with Crippen LogP contribution < -0.4 is 0 Å². The molecule has 0 bridgehead atoms. The van der Waals surface area contributed by atoms with E-state index in [0.717, 1.165) is 25.3 Å². The van der Waals surface area contributed by atoms with Gasteiger partial charge in [-0.1, -0.05) is 12.1 Å². The molecule has 106 valence electrons. The molecule has 0 saturated carbocycles. The van der Waals surface area contributed by atoms with E-state index in [9.17, 15) is 0 Å². The molecule has 0 amide bonds. The molecule has 3 nitrogen and oxygen atoms in total. The molecule has 21 heavy (non-hydrogen) atoms. The number of benzene rings is 1. The minimum absolute atomic E-state index is 1.02. The number of hydrogen-bond acceptors (Lipinski definition) is 3. The van der Waals surface area contributed by atoms with Gasteiger partial charge in [-0.15, -0.1) is 11.3 Å². The van der Waals surface area contributed by atoms with Gasteiger partial charge in [-0.25, -0.2) is 4.68 Å². The van der Waals surface area contributed by atoms with Gasteiger partial charge < -0.3 is 0 Å². The third-order valence-corrected chi connectivity index (χ3v) is 5.02. The number of fused-ring (bicyclic) bond motifs is 1. The first kappa shape index (κ1) is 12.8. The fourth-order valence-electron chi connectivity index (χ4n) is 2.88. The lowest BCUT2D eigenvalue weighted by Gasteiger charge is -2.26. The average molecular weight is 295 g/mol. The lowest BCUT2D eigenvalue weighted by molar-refractivity contribution is 0.247. The smallest absolute Gasteiger partial charge is 0.0645 e. The van der Waals surface area contributed by atoms with Crippen LogP contribution in [0.2, 0.25) is 0 Å². The molecule has 0 aliphatic carbocycles. The molecule has 3 heterocycles. The van der Waals surface area contributed by atoms with Gasteiger partial charge in [-0.3, -0.25) is 4.90 Å². The molecule has 0 unspecified atom stereocenters. The highest BCUT2D eigenvalue weighted by Crippen LogP contribution is 2.25. The lowest BCUT2D eigenvalue weighted by Crippen LogP contribution is -2.29. The highest BCUT2D eigenvalue weighted by Gasteiger charge is 2.16. The quantitative estimate of drug-likeness (QED) is 0.737. The van der Waals surface area contributed by atoms with Gasteiger partial charge in [0.15, 0.2) is 0 Å². The van der Waals surface area contributed by atoms with Crippen LogP contribution in [0, 0.1) is 0 Å². The molecule has 4 heteroatoms. The Morgan fingerprint density at radius 2 is 2.05 bits per heavy atom. The van der Waals surface area contributed by atoms with Crippen molar-refractivity contribution in [2.75, 3.05) is 6.54 Å². The first-order valence-electron chi connectivity index (χ1n) is 7.25. The Morgan fingerprint density at radius 1 is 1.14 bits per heavy atom. The third-order valence-electron chi connectivity index (χ3n) is 4.00. The van der Waals surface area contributed by atoms with Crippen molar-refractivity contribution in [3.63, 3.8) is 0 Å².